The Hall–Kier alpha value is -2.62. The molecule has 176 valence electrons. The Morgan fingerprint density at radius 2 is 1.91 bits per heavy atom. The molecule has 0 aliphatic carbocycles. The van der Waals surface area contributed by atoms with E-state index in [4.69, 9.17) is 11.6 Å². The largest absolute Gasteiger partial charge is 0.358 e. The number of rotatable bonds is 6. The van der Waals surface area contributed by atoms with E-state index in [1.54, 1.807) is 18.2 Å². The molecule has 10 heteroatoms. The summed E-state index contributed by atoms with van der Waals surface area (Å²) >= 11 is 6.17. The molecule has 8 nitrogen and oxygen atoms in total. The SMILES string of the molecule is CN(C)S(=O)(=O)c1ccc2c(c1)N(CC(=O)NCc1ccccc1Cl)C(=O)C1CCCCN21. The second-order valence-electron chi connectivity index (χ2n) is 8.44. The van der Waals surface area contributed by atoms with Gasteiger partial charge in [0.2, 0.25) is 21.8 Å². The molecular formula is C23H27ClN4O4S. The van der Waals surface area contributed by atoms with Crippen LogP contribution < -0.4 is 15.1 Å². The van der Waals surface area contributed by atoms with E-state index in [2.05, 4.69) is 5.32 Å². The van der Waals surface area contributed by atoms with E-state index >= 15 is 0 Å². The van der Waals surface area contributed by atoms with Crippen molar-refractivity contribution < 1.29 is 18.0 Å². The predicted molar refractivity (Wildman–Crippen MR) is 128 cm³/mol. The van der Waals surface area contributed by atoms with Gasteiger partial charge in [-0.05, 0) is 49.1 Å². The van der Waals surface area contributed by atoms with Crippen LogP contribution in [0.3, 0.4) is 0 Å². The first-order valence-electron chi connectivity index (χ1n) is 10.8. The Morgan fingerprint density at radius 3 is 2.64 bits per heavy atom. The van der Waals surface area contributed by atoms with Crippen molar-refractivity contribution in [3.63, 3.8) is 0 Å². The average molecular weight is 491 g/mol. The van der Waals surface area contributed by atoms with Crippen molar-refractivity contribution in [2.45, 2.75) is 36.7 Å². The first-order valence-corrected chi connectivity index (χ1v) is 12.7. The van der Waals surface area contributed by atoms with Gasteiger partial charge in [0.1, 0.15) is 12.6 Å². The minimum Gasteiger partial charge on any atom is -0.358 e. The highest BCUT2D eigenvalue weighted by molar-refractivity contribution is 7.89. The van der Waals surface area contributed by atoms with Gasteiger partial charge in [-0.15, -0.1) is 0 Å². The number of hydrogen-bond acceptors (Lipinski definition) is 5. The number of halogens is 1. The van der Waals surface area contributed by atoms with E-state index in [-0.39, 0.29) is 35.8 Å². The third-order valence-corrected chi connectivity index (χ3v) is 8.29. The van der Waals surface area contributed by atoms with Gasteiger partial charge in [0.25, 0.3) is 0 Å². The van der Waals surface area contributed by atoms with Crippen LogP contribution in [-0.4, -0.2) is 57.8 Å². The number of carbonyl (C=O) groups is 2. The van der Waals surface area contributed by atoms with Crippen molar-refractivity contribution >= 4 is 44.8 Å². The summed E-state index contributed by atoms with van der Waals surface area (Å²) in [7, 11) is -0.781. The summed E-state index contributed by atoms with van der Waals surface area (Å²) in [6, 6.07) is 11.7. The quantitative estimate of drug-likeness (QED) is 0.672. The fraction of sp³-hybridized carbons (Fsp3) is 0.391. The highest BCUT2D eigenvalue weighted by atomic mass is 35.5. The summed E-state index contributed by atoms with van der Waals surface area (Å²) in [5.74, 6) is -0.533. The van der Waals surface area contributed by atoms with Crippen LogP contribution >= 0.6 is 11.6 Å². The molecule has 1 fully saturated rings. The molecule has 2 aromatic carbocycles. The number of benzene rings is 2. The zero-order chi connectivity index (χ0) is 23.8. The molecule has 1 saturated heterocycles. The molecule has 0 aromatic heterocycles. The van der Waals surface area contributed by atoms with Crippen LogP contribution in [0.5, 0.6) is 0 Å². The molecule has 1 unspecified atom stereocenters. The Labute approximate surface area is 199 Å². The second kappa shape index (κ2) is 9.32. The third kappa shape index (κ3) is 4.58. The first kappa shape index (κ1) is 23.5. The molecule has 2 aliphatic heterocycles. The van der Waals surface area contributed by atoms with Crippen LogP contribution in [0, 0.1) is 0 Å². The fourth-order valence-corrected chi connectivity index (χ4v) is 5.43. The molecule has 2 aromatic rings. The smallest absolute Gasteiger partial charge is 0.250 e. The van der Waals surface area contributed by atoms with Crippen LogP contribution in [0.1, 0.15) is 24.8 Å². The maximum absolute atomic E-state index is 13.4. The molecule has 2 heterocycles. The van der Waals surface area contributed by atoms with Crippen molar-refractivity contribution in [3.05, 3.63) is 53.1 Å². The number of nitrogens with zero attached hydrogens (tertiary/aromatic N) is 3. The topological polar surface area (TPSA) is 90.0 Å². The van der Waals surface area contributed by atoms with Crippen molar-refractivity contribution in [1.29, 1.82) is 0 Å². The second-order valence-corrected chi connectivity index (χ2v) is 11.0. The summed E-state index contributed by atoms with van der Waals surface area (Å²) in [6.07, 6.45) is 2.59. The normalized spacial score (nSPS) is 18.2. The number of amides is 2. The van der Waals surface area contributed by atoms with Crippen molar-refractivity contribution in [1.82, 2.24) is 9.62 Å². The number of sulfonamides is 1. The zero-order valence-electron chi connectivity index (χ0n) is 18.6. The van der Waals surface area contributed by atoms with Crippen molar-refractivity contribution in [3.8, 4) is 0 Å². The number of carbonyl (C=O) groups excluding carboxylic acids is 2. The van der Waals surface area contributed by atoms with E-state index in [9.17, 15) is 18.0 Å². The van der Waals surface area contributed by atoms with Gasteiger partial charge in [0.15, 0.2) is 0 Å². The Balaban J connectivity index is 1.64. The average Bonchev–Trinajstić information content (AvgIpc) is 2.80. The highest BCUT2D eigenvalue weighted by Crippen LogP contribution is 2.40. The molecule has 0 radical (unpaired) electrons. The lowest BCUT2D eigenvalue weighted by atomic mass is 9.96. The summed E-state index contributed by atoms with van der Waals surface area (Å²) in [5.41, 5.74) is 1.99. The van der Waals surface area contributed by atoms with Gasteiger partial charge in [0, 0.05) is 32.2 Å². The number of nitrogens with one attached hydrogen (secondary N) is 1. The van der Waals surface area contributed by atoms with E-state index in [1.807, 2.05) is 23.1 Å². The van der Waals surface area contributed by atoms with Crippen molar-refractivity contribution in [2.24, 2.45) is 0 Å². The molecular weight excluding hydrogens is 464 g/mol. The number of piperidine rings is 1. The summed E-state index contributed by atoms with van der Waals surface area (Å²) < 4.78 is 26.6. The van der Waals surface area contributed by atoms with Gasteiger partial charge < -0.3 is 10.2 Å². The maximum atomic E-state index is 13.4. The Kier molecular flexibility index (Phi) is 6.65. The zero-order valence-corrected chi connectivity index (χ0v) is 20.2. The number of fused-ring (bicyclic) bond motifs is 3. The van der Waals surface area contributed by atoms with Crippen LogP contribution in [0.25, 0.3) is 0 Å². The summed E-state index contributed by atoms with van der Waals surface area (Å²) in [6.45, 7) is 0.750. The highest BCUT2D eigenvalue weighted by Gasteiger charge is 2.40. The lowest BCUT2D eigenvalue weighted by Gasteiger charge is -2.45. The molecule has 1 N–H and O–H groups in total. The van der Waals surface area contributed by atoms with Gasteiger partial charge in [-0.3, -0.25) is 14.5 Å². The molecule has 33 heavy (non-hydrogen) atoms. The predicted octanol–water partition coefficient (Wildman–Crippen LogP) is 2.61. The molecule has 2 amide bonds. The molecule has 0 saturated carbocycles. The van der Waals surface area contributed by atoms with E-state index < -0.39 is 10.0 Å². The van der Waals surface area contributed by atoms with E-state index in [1.165, 1.54) is 25.1 Å². The van der Waals surface area contributed by atoms with Crippen LogP contribution in [0.4, 0.5) is 11.4 Å². The summed E-state index contributed by atoms with van der Waals surface area (Å²) in [4.78, 5) is 29.7. The van der Waals surface area contributed by atoms with Gasteiger partial charge in [-0.2, -0.15) is 0 Å². The summed E-state index contributed by atoms with van der Waals surface area (Å²) in [5, 5.41) is 3.37. The number of anilines is 2. The number of hydrogen-bond donors (Lipinski definition) is 1. The lowest BCUT2D eigenvalue weighted by molar-refractivity contribution is -0.125. The van der Waals surface area contributed by atoms with Gasteiger partial charge in [0.05, 0.1) is 16.3 Å². The van der Waals surface area contributed by atoms with E-state index in [0.717, 1.165) is 34.9 Å². The third-order valence-electron chi connectivity index (χ3n) is 6.12. The standard InChI is InChI=1S/C23H27ClN4O4S/c1-26(2)33(31,32)17-10-11-19-21(13-17)28(23(30)20-9-5-6-12-27(19)20)15-22(29)25-14-16-7-3-4-8-18(16)24/h3-4,7-8,10-11,13,20H,5-6,9,12,14-15H2,1-2H3,(H,25,29). The Morgan fingerprint density at radius 1 is 1.15 bits per heavy atom. The first-order chi connectivity index (χ1) is 15.7. The molecule has 2 aliphatic rings. The van der Waals surface area contributed by atoms with Crippen LogP contribution in [0.15, 0.2) is 47.4 Å². The minimum absolute atomic E-state index is 0.0796. The van der Waals surface area contributed by atoms with Crippen LogP contribution in [-0.2, 0) is 26.2 Å². The monoisotopic (exact) mass is 490 g/mol. The van der Waals surface area contributed by atoms with Gasteiger partial charge in [-0.25, -0.2) is 12.7 Å². The lowest BCUT2D eigenvalue weighted by Crippen LogP contribution is -2.57. The van der Waals surface area contributed by atoms with Gasteiger partial charge >= 0.3 is 0 Å². The maximum Gasteiger partial charge on any atom is 0.250 e. The minimum atomic E-state index is -3.70. The van der Waals surface area contributed by atoms with Crippen LogP contribution in [0.2, 0.25) is 5.02 Å². The van der Waals surface area contributed by atoms with E-state index in [0.29, 0.717) is 17.1 Å². The Bertz CT molecular complexity index is 1180. The van der Waals surface area contributed by atoms with Crippen molar-refractivity contribution in [2.75, 3.05) is 37.0 Å². The molecule has 0 bridgehead atoms. The molecule has 0 spiro atoms. The van der Waals surface area contributed by atoms with Gasteiger partial charge in [-0.1, -0.05) is 29.8 Å². The molecule has 4 rings (SSSR count). The fourth-order valence-electron chi connectivity index (χ4n) is 4.31. The molecule has 1 atom stereocenters.